The SMILES string of the molecule is CSCCCCCNc1cc(C(N)=S)ccn1. The maximum absolute atomic E-state index is 5.57. The molecule has 0 fully saturated rings. The van der Waals surface area contributed by atoms with Gasteiger partial charge in [-0.2, -0.15) is 11.8 Å². The van der Waals surface area contributed by atoms with E-state index in [1.807, 2.05) is 23.9 Å². The van der Waals surface area contributed by atoms with E-state index in [1.165, 1.54) is 25.0 Å². The molecule has 0 saturated heterocycles. The summed E-state index contributed by atoms with van der Waals surface area (Å²) in [6.07, 6.45) is 7.57. The van der Waals surface area contributed by atoms with Gasteiger partial charge < -0.3 is 11.1 Å². The van der Waals surface area contributed by atoms with E-state index >= 15 is 0 Å². The van der Waals surface area contributed by atoms with Gasteiger partial charge in [-0.15, -0.1) is 0 Å². The van der Waals surface area contributed by atoms with Crippen LogP contribution in [0.25, 0.3) is 0 Å². The van der Waals surface area contributed by atoms with Gasteiger partial charge >= 0.3 is 0 Å². The van der Waals surface area contributed by atoms with Crippen LogP contribution in [0.5, 0.6) is 0 Å². The van der Waals surface area contributed by atoms with Gasteiger partial charge in [-0.3, -0.25) is 0 Å². The summed E-state index contributed by atoms with van der Waals surface area (Å²) in [6.45, 7) is 0.947. The molecule has 0 spiro atoms. The Balaban J connectivity index is 2.27. The lowest BCUT2D eigenvalue weighted by atomic mass is 10.2. The Bertz CT molecular complexity index is 355. The predicted octanol–water partition coefficient (Wildman–Crippen LogP) is 2.66. The predicted molar refractivity (Wildman–Crippen MR) is 80.8 cm³/mol. The number of nitrogens with two attached hydrogens (primary N) is 1. The minimum atomic E-state index is 0.412. The summed E-state index contributed by atoms with van der Waals surface area (Å²) in [5.74, 6) is 2.09. The van der Waals surface area contributed by atoms with Crippen LogP contribution in [-0.4, -0.2) is 28.5 Å². The maximum Gasteiger partial charge on any atom is 0.126 e. The number of aromatic nitrogens is 1. The molecule has 94 valence electrons. The molecule has 0 aliphatic heterocycles. The summed E-state index contributed by atoms with van der Waals surface area (Å²) in [6, 6.07) is 3.72. The van der Waals surface area contributed by atoms with Gasteiger partial charge in [-0.1, -0.05) is 18.6 Å². The third-order valence-corrected chi connectivity index (χ3v) is 3.31. The van der Waals surface area contributed by atoms with E-state index in [9.17, 15) is 0 Å². The van der Waals surface area contributed by atoms with Crippen molar-refractivity contribution in [3.05, 3.63) is 23.9 Å². The number of pyridine rings is 1. The van der Waals surface area contributed by atoms with Crippen LogP contribution in [0.2, 0.25) is 0 Å². The van der Waals surface area contributed by atoms with Crippen molar-refractivity contribution in [1.29, 1.82) is 0 Å². The van der Waals surface area contributed by atoms with Crippen molar-refractivity contribution in [2.75, 3.05) is 23.9 Å². The number of thiocarbonyl (C=S) groups is 1. The van der Waals surface area contributed by atoms with Crippen LogP contribution >= 0.6 is 24.0 Å². The van der Waals surface area contributed by atoms with E-state index in [0.29, 0.717) is 4.99 Å². The van der Waals surface area contributed by atoms with E-state index < -0.39 is 0 Å². The molecule has 1 heterocycles. The monoisotopic (exact) mass is 269 g/mol. The van der Waals surface area contributed by atoms with Crippen LogP contribution in [0, 0.1) is 0 Å². The van der Waals surface area contributed by atoms with E-state index in [1.54, 1.807) is 6.20 Å². The molecule has 3 N–H and O–H groups in total. The molecule has 0 aliphatic carbocycles. The average Bonchev–Trinajstić information content (AvgIpc) is 2.34. The van der Waals surface area contributed by atoms with Crippen LogP contribution in [0.15, 0.2) is 18.3 Å². The standard InChI is InChI=1S/C12H19N3S2/c1-17-8-4-2-3-6-14-11-9-10(12(13)16)5-7-15-11/h5,7,9H,2-4,6,8H2,1H3,(H2,13,16)(H,14,15). The highest BCUT2D eigenvalue weighted by atomic mass is 32.2. The fraction of sp³-hybridized carbons (Fsp3) is 0.500. The first-order valence-corrected chi connectivity index (χ1v) is 7.53. The molecule has 1 aromatic rings. The van der Waals surface area contributed by atoms with Crippen LogP contribution < -0.4 is 11.1 Å². The first-order chi connectivity index (χ1) is 8.24. The Kier molecular flexibility index (Phi) is 6.96. The van der Waals surface area contributed by atoms with Gasteiger partial charge in [0.1, 0.15) is 10.8 Å². The second kappa shape index (κ2) is 8.31. The number of unbranched alkanes of at least 4 members (excludes halogenated alkanes) is 2. The van der Waals surface area contributed by atoms with Crippen LogP contribution in [0.3, 0.4) is 0 Å². The number of nitrogens with one attached hydrogen (secondary N) is 1. The van der Waals surface area contributed by atoms with E-state index in [2.05, 4.69) is 16.6 Å². The van der Waals surface area contributed by atoms with Gasteiger partial charge in [-0.05, 0) is 37.0 Å². The highest BCUT2D eigenvalue weighted by molar-refractivity contribution is 7.98. The molecule has 1 rings (SSSR count). The first kappa shape index (κ1) is 14.3. The number of rotatable bonds is 8. The molecule has 17 heavy (non-hydrogen) atoms. The van der Waals surface area contributed by atoms with Crippen molar-refractivity contribution in [1.82, 2.24) is 4.98 Å². The Labute approximate surface area is 113 Å². The van der Waals surface area contributed by atoms with E-state index in [-0.39, 0.29) is 0 Å². The Morgan fingerprint density at radius 2 is 2.29 bits per heavy atom. The molecule has 0 bridgehead atoms. The highest BCUT2D eigenvalue weighted by Crippen LogP contribution is 2.08. The van der Waals surface area contributed by atoms with Gasteiger partial charge in [0.05, 0.1) is 0 Å². The number of hydrogen-bond acceptors (Lipinski definition) is 4. The summed E-state index contributed by atoms with van der Waals surface area (Å²) in [7, 11) is 0. The fourth-order valence-corrected chi connectivity index (χ4v) is 2.06. The molecule has 1 aromatic heterocycles. The molecular weight excluding hydrogens is 250 g/mol. The van der Waals surface area contributed by atoms with Crippen LogP contribution in [0.1, 0.15) is 24.8 Å². The lowest BCUT2D eigenvalue weighted by Gasteiger charge is -2.06. The van der Waals surface area contributed by atoms with Crippen molar-refractivity contribution in [3.63, 3.8) is 0 Å². The molecular formula is C12H19N3S2. The normalized spacial score (nSPS) is 10.2. The topological polar surface area (TPSA) is 50.9 Å². The molecule has 0 aliphatic rings. The smallest absolute Gasteiger partial charge is 0.126 e. The summed E-state index contributed by atoms with van der Waals surface area (Å²) in [5.41, 5.74) is 6.43. The average molecular weight is 269 g/mol. The molecule has 0 radical (unpaired) electrons. The van der Waals surface area contributed by atoms with Gasteiger partial charge in [0.2, 0.25) is 0 Å². The quantitative estimate of drug-likeness (QED) is 0.561. The van der Waals surface area contributed by atoms with Gasteiger partial charge in [0.25, 0.3) is 0 Å². The molecule has 0 aromatic carbocycles. The Morgan fingerprint density at radius 3 is 3.00 bits per heavy atom. The summed E-state index contributed by atoms with van der Waals surface area (Å²) < 4.78 is 0. The van der Waals surface area contributed by atoms with Crippen molar-refractivity contribution < 1.29 is 0 Å². The van der Waals surface area contributed by atoms with E-state index in [4.69, 9.17) is 18.0 Å². The molecule has 0 amide bonds. The van der Waals surface area contributed by atoms with Crippen molar-refractivity contribution in [3.8, 4) is 0 Å². The Morgan fingerprint density at radius 1 is 1.47 bits per heavy atom. The zero-order chi connectivity index (χ0) is 12.5. The number of anilines is 1. The van der Waals surface area contributed by atoms with Gasteiger partial charge in [-0.25, -0.2) is 4.98 Å². The third-order valence-electron chi connectivity index (χ3n) is 2.38. The zero-order valence-electron chi connectivity index (χ0n) is 10.1. The maximum atomic E-state index is 5.57. The molecule has 0 saturated carbocycles. The van der Waals surface area contributed by atoms with Crippen LogP contribution in [0.4, 0.5) is 5.82 Å². The van der Waals surface area contributed by atoms with Crippen molar-refractivity contribution in [2.45, 2.75) is 19.3 Å². The van der Waals surface area contributed by atoms with Crippen LogP contribution in [-0.2, 0) is 0 Å². The molecule has 0 atom stereocenters. The molecule has 0 unspecified atom stereocenters. The third kappa shape index (κ3) is 5.89. The Hall–Kier alpha value is -0.810. The minimum absolute atomic E-state index is 0.412. The van der Waals surface area contributed by atoms with Gasteiger partial charge in [0.15, 0.2) is 0 Å². The number of nitrogens with zero attached hydrogens (tertiary/aromatic N) is 1. The zero-order valence-corrected chi connectivity index (χ0v) is 11.7. The summed E-state index contributed by atoms with van der Waals surface area (Å²) in [4.78, 5) is 4.64. The summed E-state index contributed by atoms with van der Waals surface area (Å²) in [5, 5.41) is 3.28. The minimum Gasteiger partial charge on any atom is -0.389 e. The largest absolute Gasteiger partial charge is 0.389 e. The first-order valence-electron chi connectivity index (χ1n) is 5.72. The lowest BCUT2D eigenvalue weighted by Crippen LogP contribution is -2.11. The van der Waals surface area contributed by atoms with E-state index in [0.717, 1.165) is 17.9 Å². The van der Waals surface area contributed by atoms with Gasteiger partial charge in [0, 0.05) is 18.3 Å². The van der Waals surface area contributed by atoms with Crippen molar-refractivity contribution >= 4 is 34.8 Å². The number of hydrogen-bond donors (Lipinski definition) is 2. The summed E-state index contributed by atoms with van der Waals surface area (Å²) >= 11 is 6.82. The fourth-order valence-electron chi connectivity index (χ4n) is 1.45. The second-order valence-corrected chi connectivity index (χ2v) is 5.20. The highest BCUT2D eigenvalue weighted by Gasteiger charge is 1.98. The second-order valence-electron chi connectivity index (χ2n) is 3.77. The lowest BCUT2D eigenvalue weighted by molar-refractivity contribution is 0.748. The van der Waals surface area contributed by atoms with Crippen molar-refractivity contribution in [2.24, 2.45) is 5.73 Å². The molecule has 5 heteroatoms. The number of thioether (sulfide) groups is 1. The molecule has 3 nitrogen and oxygen atoms in total.